The topological polar surface area (TPSA) is 0 Å². The fraction of sp³-hybridized carbons (Fsp3) is 1.00. The Kier molecular flexibility index (Phi) is 39.2. The molecular weight excluding hydrogens is 870 g/mol. The van der Waals surface area contributed by atoms with Crippen LogP contribution in [0.15, 0.2) is 0 Å². The molecule has 0 saturated carbocycles. The maximum Gasteiger partial charge on any atom is 3.00 e. The molecule has 0 aromatic heterocycles. The van der Waals surface area contributed by atoms with Gasteiger partial charge in [0, 0.05) is 0 Å². The van der Waals surface area contributed by atoms with Gasteiger partial charge in [-0.05, 0) is 35.5 Å². The van der Waals surface area contributed by atoms with E-state index in [1.807, 2.05) is 0 Å². The van der Waals surface area contributed by atoms with Crippen LogP contribution >= 0.6 is 0 Å². The molecule has 0 N–H and O–H groups in total. The van der Waals surface area contributed by atoms with Crippen LogP contribution in [0, 0.1) is 16.2 Å². The van der Waals surface area contributed by atoms with Gasteiger partial charge in [-0.15, -0.1) is 0 Å². The van der Waals surface area contributed by atoms with Gasteiger partial charge in [-0.25, -0.2) is 0 Å². The van der Waals surface area contributed by atoms with Crippen molar-refractivity contribution in [1.29, 1.82) is 0 Å². The van der Waals surface area contributed by atoms with Crippen LogP contribution in [0.2, 0.25) is 0 Å². The summed E-state index contributed by atoms with van der Waals surface area (Å²) < 4.78 is 0.353. The Hall–Kier alpha value is 1.79. The summed E-state index contributed by atoms with van der Waals surface area (Å²) in [6.07, 6.45) is 37.0. The van der Waals surface area contributed by atoms with E-state index in [4.69, 9.17) is 37.9 Å². The first-order chi connectivity index (χ1) is 23.1. The molecule has 0 bridgehead atoms. The van der Waals surface area contributed by atoms with Crippen LogP contribution < -0.4 is 0 Å². The van der Waals surface area contributed by atoms with E-state index in [9.17, 15) is 0 Å². The molecule has 0 aliphatic heterocycles. The van der Waals surface area contributed by atoms with Crippen molar-refractivity contribution in [3.63, 3.8) is 0 Å². The first kappa shape index (κ1) is 60.5. The average molecular weight is 969 g/mol. The van der Waals surface area contributed by atoms with Crippen molar-refractivity contribution in [2.45, 2.75) is 291 Å². The normalized spacial score (nSPS) is 12.8. The summed E-state index contributed by atoms with van der Waals surface area (Å²) in [5.41, 5.74) is 1.57. The number of unbranched alkanes of at least 4 members (excludes halogenated alkanes) is 18. The van der Waals surface area contributed by atoms with E-state index in [1.54, 1.807) is 0 Å². The zero-order valence-corrected chi connectivity index (χ0v) is 43.2. The fourth-order valence-corrected chi connectivity index (χ4v) is 6.70. The third-order valence-corrected chi connectivity index (χ3v) is 10.2. The molecule has 0 atom stereocenters. The van der Waals surface area contributed by atoms with Crippen LogP contribution in [0.25, 0.3) is 0 Å². The number of rotatable bonds is 27. The van der Waals surface area contributed by atoms with Gasteiger partial charge in [0.1, 0.15) is 0 Å². The first-order valence-electron chi connectivity index (χ1n) is 22.2. The van der Waals surface area contributed by atoms with Gasteiger partial charge < -0.3 is 37.9 Å². The Labute approximate surface area is 365 Å². The van der Waals surface area contributed by atoms with Crippen molar-refractivity contribution in [3.05, 3.63) is 0 Å². The van der Waals surface area contributed by atoms with Crippen LogP contribution in [0.4, 0.5) is 0 Å². The van der Waals surface area contributed by atoms with E-state index in [-0.39, 0.29) is 36.6 Å². The van der Waals surface area contributed by atoms with E-state index >= 15 is 0 Å². The van der Waals surface area contributed by atoms with Gasteiger partial charge in [0.05, 0.1) is 0 Å². The Balaban J connectivity index is -0.000000329. The quantitative estimate of drug-likeness (QED) is 0.0457. The van der Waals surface area contributed by atoms with Gasteiger partial charge in [0.15, 0.2) is 0 Å². The van der Waals surface area contributed by atoms with Gasteiger partial charge in [-0.3, -0.25) is 0 Å². The molecule has 0 aromatic rings. The number of hydrogen-bond donors (Lipinski definition) is 0. The molecule has 0 aliphatic rings. The summed E-state index contributed by atoms with van der Waals surface area (Å²) in [4.78, 5) is 0. The zero-order chi connectivity index (χ0) is 40.1. The molecule has 0 aromatic carbocycles. The molecule has 0 spiro atoms. The largest absolute Gasteiger partial charge is 3.00 e. The standard InChI is InChI=1S/3C16H34S.Au/c3*1-15(2,3)13-11-9-7-6-8-10-12-14-16(4,5)17;/h3*17H,6-14H2,1-5H3;/q;;;+3/p-3. The number of hydrogen-bond acceptors (Lipinski definition) is 3. The molecule has 0 nitrogen and oxygen atoms in total. The zero-order valence-electron chi connectivity index (χ0n) is 38.6. The fourth-order valence-electron chi connectivity index (χ4n) is 6.27. The average Bonchev–Trinajstić information content (AvgIpc) is 2.92. The van der Waals surface area contributed by atoms with E-state index < -0.39 is 0 Å². The maximum absolute atomic E-state index is 5.35. The minimum absolute atomic E-state index is 0. The molecule has 0 heterocycles. The second-order valence-electron chi connectivity index (χ2n) is 21.9. The molecule has 0 unspecified atom stereocenters. The summed E-state index contributed by atoms with van der Waals surface area (Å²) in [7, 11) is 0. The van der Waals surface area contributed by atoms with Gasteiger partial charge in [-0.2, -0.15) is 14.2 Å². The smallest absolute Gasteiger partial charge is 0.786 e. The maximum atomic E-state index is 5.35. The van der Waals surface area contributed by atoms with Gasteiger partial charge >= 0.3 is 22.4 Å². The molecule has 0 fully saturated rings. The summed E-state index contributed by atoms with van der Waals surface area (Å²) in [5, 5.41) is 0. The van der Waals surface area contributed by atoms with Crippen molar-refractivity contribution < 1.29 is 22.4 Å². The van der Waals surface area contributed by atoms with Crippen molar-refractivity contribution >= 4 is 37.9 Å². The predicted molar refractivity (Wildman–Crippen MR) is 247 cm³/mol. The third-order valence-electron chi connectivity index (χ3n) is 9.62. The van der Waals surface area contributed by atoms with E-state index in [0.29, 0.717) is 16.2 Å². The van der Waals surface area contributed by atoms with Crippen molar-refractivity contribution in [2.24, 2.45) is 16.2 Å². The minimum atomic E-state index is 0. The van der Waals surface area contributed by atoms with Crippen molar-refractivity contribution in [3.8, 4) is 0 Å². The molecule has 0 saturated heterocycles. The van der Waals surface area contributed by atoms with Crippen LogP contribution in [0.3, 0.4) is 0 Å². The third kappa shape index (κ3) is 69.7. The van der Waals surface area contributed by atoms with Crippen LogP contribution in [0.1, 0.15) is 277 Å². The summed E-state index contributed by atoms with van der Waals surface area (Å²) in [6, 6.07) is 0. The molecule has 52 heavy (non-hydrogen) atoms. The summed E-state index contributed by atoms with van der Waals surface area (Å²) in [6.45, 7) is 34.0. The van der Waals surface area contributed by atoms with Gasteiger partial charge in [0.2, 0.25) is 0 Å². The molecule has 0 rings (SSSR count). The van der Waals surface area contributed by atoms with Crippen LogP contribution in [0.5, 0.6) is 0 Å². The van der Waals surface area contributed by atoms with Crippen LogP contribution in [-0.2, 0) is 60.3 Å². The van der Waals surface area contributed by atoms with Crippen molar-refractivity contribution in [2.75, 3.05) is 0 Å². The van der Waals surface area contributed by atoms with Crippen LogP contribution in [-0.4, -0.2) is 14.2 Å². The Morgan fingerprint density at radius 2 is 0.327 bits per heavy atom. The Bertz CT molecular complexity index is 560. The van der Waals surface area contributed by atoms with Gasteiger partial charge in [-0.1, -0.05) is 258 Å². The van der Waals surface area contributed by atoms with Crippen molar-refractivity contribution in [1.82, 2.24) is 0 Å². The summed E-state index contributed by atoms with van der Waals surface area (Å²) >= 11 is 16.1. The second kappa shape index (κ2) is 33.7. The van der Waals surface area contributed by atoms with Gasteiger partial charge in [0.25, 0.3) is 0 Å². The molecule has 0 aliphatic carbocycles. The molecular formula is C48H99AuS3. The Morgan fingerprint density at radius 1 is 0.212 bits per heavy atom. The molecule has 4 heteroatoms. The van der Waals surface area contributed by atoms with E-state index in [2.05, 4.69) is 104 Å². The summed E-state index contributed by atoms with van der Waals surface area (Å²) in [5.74, 6) is 0. The molecule has 0 amide bonds. The monoisotopic (exact) mass is 969 g/mol. The molecule has 320 valence electrons. The van der Waals surface area contributed by atoms with E-state index in [0.717, 1.165) is 0 Å². The predicted octanol–water partition coefficient (Wildman–Crippen LogP) is 17.6. The minimum Gasteiger partial charge on any atom is -0.786 e. The second-order valence-corrected chi connectivity index (χ2v) is 25.2. The molecule has 0 radical (unpaired) electrons. The Morgan fingerprint density at radius 3 is 0.442 bits per heavy atom. The first-order valence-corrected chi connectivity index (χ1v) is 23.5. The van der Waals surface area contributed by atoms with E-state index in [1.165, 1.54) is 173 Å². The SMILES string of the molecule is CC(C)(C)CCCCCCCCCC(C)(C)[S-].CC(C)(C)CCCCCCCCCC(C)(C)[S-].CC(C)(C)CCCCCCCCCC(C)(C)[S-].[Au+3].